The lowest BCUT2D eigenvalue weighted by Crippen LogP contribution is -2.35. The first kappa shape index (κ1) is 12.1. The molecule has 0 bridgehead atoms. The van der Waals surface area contributed by atoms with Crippen molar-refractivity contribution in [3.8, 4) is 0 Å². The third-order valence-electron chi connectivity index (χ3n) is 3.10. The van der Waals surface area contributed by atoms with Crippen LogP contribution in [0.4, 0.5) is 0 Å². The molecule has 0 radical (unpaired) electrons. The monoisotopic (exact) mass is 232 g/mol. The molecule has 0 amide bonds. The van der Waals surface area contributed by atoms with Gasteiger partial charge in [-0.1, -0.05) is 32.0 Å². The molecule has 2 rings (SSSR count). The van der Waals surface area contributed by atoms with E-state index < -0.39 is 0 Å². The maximum Gasteiger partial charge on any atom is 0.134 e. The first-order chi connectivity index (χ1) is 8.15. The number of rotatable bonds is 5. The summed E-state index contributed by atoms with van der Waals surface area (Å²) in [4.78, 5) is 0. The van der Waals surface area contributed by atoms with Crippen LogP contribution in [0.5, 0.6) is 0 Å². The van der Waals surface area contributed by atoms with Crippen molar-refractivity contribution in [2.45, 2.75) is 19.3 Å². The zero-order valence-corrected chi connectivity index (χ0v) is 10.5. The van der Waals surface area contributed by atoms with E-state index >= 15 is 0 Å². The summed E-state index contributed by atoms with van der Waals surface area (Å²) in [6, 6.07) is 8.15. The highest BCUT2D eigenvalue weighted by Gasteiger charge is 2.24. The zero-order valence-electron chi connectivity index (χ0n) is 10.5. The van der Waals surface area contributed by atoms with Crippen LogP contribution in [0.2, 0.25) is 0 Å². The van der Waals surface area contributed by atoms with Crippen molar-refractivity contribution >= 4 is 11.0 Å². The molecular formula is C14H20N2O. The van der Waals surface area contributed by atoms with E-state index in [2.05, 4.69) is 25.2 Å². The number of furan rings is 1. The number of para-hydroxylation sites is 1. The molecule has 3 nitrogen and oxygen atoms in total. The van der Waals surface area contributed by atoms with Crippen LogP contribution in [0.15, 0.2) is 34.9 Å². The van der Waals surface area contributed by atoms with Gasteiger partial charge in [-0.2, -0.15) is 0 Å². The maximum absolute atomic E-state index is 5.59. The molecule has 2 aromatic rings. The Morgan fingerprint density at radius 3 is 2.82 bits per heavy atom. The van der Waals surface area contributed by atoms with Gasteiger partial charge in [-0.05, 0) is 6.07 Å². The normalized spacial score (nSPS) is 12.2. The SMILES string of the molecule is CC(C)(CNCCN)c1coc2ccccc12. The third kappa shape index (κ3) is 2.51. The van der Waals surface area contributed by atoms with Gasteiger partial charge in [0.25, 0.3) is 0 Å². The van der Waals surface area contributed by atoms with Gasteiger partial charge in [-0.15, -0.1) is 0 Å². The summed E-state index contributed by atoms with van der Waals surface area (Å²) in [5, 5.41) is 4.56. The van der Waals surface area contributed by atoms with Crippen molar-refractivity contribution in [1.29, 1.82) is 0 Å². The van der Waals surface area contributed by atoms with Crippen molar-refractivity contribution in [2.24, 2.45) is 5.73 Å². The van der Waals surface area contributed by atoms with E-state index in [0.29, 0.717) is 6.54 Å². The van der Waals surface area contributed by atoms with Crippen LogP contribution in [0.3, 0.4) is 0 Å². The van der Waals surface area contributed by atoms with Gasteiger partial charge in [-0.25, -0.2) is 0 Å². The first-order valence-corrected chi connectivity index (χ1v) is 6.02. The number of benzene rings is 1. The van der Waals surface area contributed by atoms with Crippen LogP contribution in [0.25, 0.3) is 11.0 Å². The van der Waals surface area contributed by atoms with Crippen molar-refractivity contribution in [3.63, 3.8) is 0 Å². The van der Waals surface area contributed by atoms with Crippen molar-refractivity contribution < 1.29 is 4.42 Å². The third-order valence-corrected chi connectivity index (χ3v) is 3.10. The molecule has 17 heavy (non-hydrogen) atoms. The summed E-state index contributed by atoms with van der Waals surface area (Å²) in [5.74, 6) is 0. The largest absolute Gasteiger partial charge is 0.464 e. The Morgan fingerprint density at radius 2 is 2.06 bits per heavy atom. The predicted octanol–water partition coefficient (Wildman–Crippen LogP) is 2.26. The van der Waals surface area contributed by atoms with Crippen LogP contribution in [-0.2, 0) is 5.41 Å². The fraction of sp³-hybridized carbons (Fsp3) is 0.429. The molecule has 1 aromatic heterocycles. The van der Waals surface area contributed by atoms with Crippen LogP contribution in [0.1, 0.15) is 19.4 Å². The van der Waals surface area contributed by atoms with Gasteiger partial charge in [0, 0.05) is 36.0 Å². The minimum Gasteiger partial charge on any atom is -0.464 e. The molecule has 0 aliphatic heterocycles. The summed E-state index contributed by atoms with van der Waals surface area (Å²) in [6.07, 6.45) is 1.87. The van der Waals surface area contributed by atoms with E-state index in [1.807, 2.05) is 24.5 Å². The second-order valence-corrected chi connectivity index (χ2v) is 4.99. The molecule has 0 atom stereocenters. The lowest BCUT2D eigenvalue weighted by atomic mass is 9.84. The fourth-order valence-corrected chi connectivity index (χ4v) is 2.10. The number of fused-ring (bicyclic) bond motifs is 1. The number of nitrogens with two attached hydrogens (primary N) is 1. The molecule has 0 unspecified atom stereocenters. The Kier molecular flexibility index (Phi) is 3.50. The second kappa shape index (κ2) is 4.90. The molecule has 1 heterocycles. The van der Waals surface area contributed by atoms with Crippen molar-refractivity contribution in [1.82, 2.24) is 5.32 Å². The average Bonchev–Trinajstić information content (AvgIpc) is 2.73. The maximum atomic E-state index is 5.59. The smallest absolute Gasteiger partial charge is 0.134 e. The molecule has 0 aliphatic rings. The zero-order chi connectivity index (χ0) is 12.3. The van der Waals surface area contributed by atoms with E-state index in [1.54, 1.807) is 0 Å². The highest BCUT2D eigenvalue weighted by Crippen LogP contribution is 2.31. The van der Waals surface area contributed by atoms with Crippen LogP contribution in [0, 0.1) is 0 Å². The van der Waals surface area contributed by atoms with Gasteiger partial charge >= 0.3 is 0 Å². The Bertz CT molecular complexity index is 488. The van der Waals surface area contributed by atoms with E-state index in [0.717, 1.165) is 18.7 Å². The van der Waals surface area contributed by atoms with Crippen molar-refractivity contribution in [2.75, 3.05) is 19.6 Å². The summed E-state index contributed by atoms with van der Waals surface area (Å²) in [5.41, 5.74) is 7.73. The van der Waals surface area contributed by atoms with Gasteiger partial charge in [0.15, 0.2) is 0 Å². The lowest BCUT2D eigenvalue weighted by molar-refractivity contribution is 0.468. The molecule has 0 fully saturated rings. The Labute approximate surface area is 102 Å². The van der Waals surface area contributed by atoms with Crippen LogP contribution >= 0.6 is 0 Å². The molecule has 3 N–H and O–H groups in total. The number of hydrogen-bond donors (Lipinski definition) is 2. The summed E-state index contributed by atoms with van der Waals surface area (Å²) >= 11 is 0. The number of hydrogen-bond acceptors (Lipinski definition) is 3. The molecule has 92 valence electrons. The molecule has 0 aliphatic carbocycles. The summed E-state index contributed by atoms with van der Waals surface area (Å²) < 4.78 is 5.59. The van der Waals surface area contributed by atoms with Crippen LogP contribution in [-0.4, -0.2) is 19.6 Å². The summed E-state index contributed by atoms with van der Waals surface area (Å²) in [7, 11) is 0. The van der Waals surface area contributed by atoms with Crippen LogP contribution < -0.4 is 11.1 Å². The molecule has 3 heteroatoms. The van der Waals surface area contributed by atoms with E-state index in [9.17, 15) is 0 Å². The fourth-order valence-electron chi connectivity index (χ4n) is 2.10. The second-order valence-electron chi connectivity index (χ2n) is 4.99. The Hall–Kier alpha value is -1.32. The van der Waals surface area contributed by atoms with Crippen molar-refractivity contribution in [3.05, 3.63) is 36.1 Å². The first-order valence-electron chi connectivity index (χ1n) is 6.02. The topological polar surface area (TPSA) is 51.2 Å². The minimum absolute atomic E-state index is 0.0434. The van der Waals surface area contributed by atoms with Gasteiger partial charge in [0.2, 0.25) is 0 Å². The van der Waals surface area contributed by atoms with Gasteiger partial charge in [-0.3, -0.25) is 0 Å². The van der Waals surface area contributed by atoms with Gasteiger partial charge < -0.3 is 15.5 Å². The average molecular weight is 232 g/mol. The van der Waals surface area contributed by atoms with E-state index in [1.165, 1.54) is 10.9 Å². The highest BCUT2D eigenvalue weighted by molar-refractivity contribution is 5.82. The van der Waals surface area contributed by atoms with E-state index in [4.69, 9.17) is 10.2 Å². The number of nitrogens with one attached hydrogen (secondary N) is 1. The Balaban J connectivity index is 2.25. The molecule has 0 saturated heterocycles. The quantitative estimate of drug-likeness (QED) is 0.777. The van der Waals surface area contributed by atoms with Gasteiger partial charge in [0.05, 0.1) is 6.26 Å². The lowest BCUT2D eigenvalue weighted by Gasteiger charge is -2.24. The Morgan fingerprint density at radius 1 is 1.29 bits per heavy atom. The molecule has 1 aromatic carbocycles. The minimum atomic E-state index is 0.0434. The van der Waals surface area contributed by atoms with E-state index in [-0.39, 0.29) is 5.41 Å². The molecular weight excluding hydrogens is 212 g/mol. The summed E-state index contributed by atoms with van der Waals surface area (Å²) in [6.45, 7) is 6.84. The predicted molar refractivity (Wildman–Crippen MR) is 71.2 cm³/mol. The highest BCUT2D eigenvalue weighted by atomic mass is 16.3. The molecule has 0 spiro atoms. The van der Waals surface area contributed by atoms with Gasteiger partial charge in [0.1, 0.15) is 5.58 Å². The molecule has 0 saturated carbocycles. The standard InChI is InChI=1S/C14H20N2O/c1-14(2,10-16-8-7-15)12-9-17-13-6-4-3-5-11(12)13/h3-6,9,16H,7-8,10,15H2,1-2H3.